The fourth-order valence-corrected chi connectivity index (χ4v) is 4.93. The number of fused-ring (bicyclic) bond motifs is 1. The molecule has 3 aromatic rings. The zero-order chi connectivity index (χ0) is 19.3. The quantitative estimate of drug-likeness (QED) is 0.641. The Balaban J connectivity index is 1.29. The van der Waals surface area contributed by atoms with E-state index < -0.39 is 0 Å². The van der Waals surface area contributed by atoms with E-state index in [-0.39, 0.29) is 17.2 Å². The normalized spacial score (nSPS) is 17.9. The van der Waals surface area contributed by atoms with E-state index in [0.717, 1.165) is 23.9 Å². The molecule has 0 bridgehead atoms. The highest BCUT2D eigenvalue weighted by molar-refractivity contribution is 7.12. The summed E-state index contributed by atoms with van der Waals surface area (Å²) in [6.45, 7) is 6.33. The van der Waals surface area contributed by atoms with Crippen LogP contribution in [0.15, 0.2) is 48.5 Å². The van der Waals surface area contributed by atoms with Gasteiger partial charge in [0.2, 0.25) is 11.0 Å². The molecule has 0 N–H and O–H groups in total. The van der Waals surface area contributed by atoms with Crippen molar-refractivity contribution in [3.8, 4) is 5.13 Å². The molecule has 2 saturated heterocycles. The van der Waals surface area contributed by atoms with Gasteiger partial charge in [0.1, 0.15) is 5.69 Å². The second kappa shape index (κ2) is 6.27. The Labute approximate surface area is 165 Å². The number of thiazole rings is 1. The number of carbonyl (C=O) groups is 2. The molecule has 8 heteroatoms. The molecule has 1 spiro atoms. The fraction of sp³-hybridized carbons (Fsp3) is 0.300. The molecule has 5 rings (SSSR count). The maximum absolute atomic E-state index is 12.8. The molecule has 2 aromatic heterocycles. The number of hydrogen-bond acceptors (Lipinski definition) is 5. The maximum Gasteiger partial charge on any atom is 0.273 e. The molecule has 2 aliphatic rings. The Morgan fingerprint density at radius 2 is 1.96 bits per heavy atom. The summed E-state index contributed by atoms with van der Waals surface area (Å²) in [6.07, 6.45) is 4.09. The minimum absolute atomic E-state index is 0.0303. The van der Waals surface area contributed by atoms with E-state index in [1.807, 2.05) is 34.1 Å². The predicted octanol–water partition coefficient (Wildman–Crippen LogP) is 2.34. The van der Waals surface area contributed by atoms with E-state index in [0.29, 0.717) is 30.5 Å². The van der Waals surface area contributed by atoms with Crippen LogP contribution in [0.3, 0.4) is 0 Å². The third-order valence-electron chi connectivity index (χ3n) is 5.63. The molecule has 2 amide bonds. The number of amides is 2. The minimum atomic E-state index is -0.0573. The second-order valence-electron chi connectivity index (χ2n) is 7.51. The van der Waals surface area contributed by atoms with Crippen LogP contribution in [0.2, 0.25) is 0 Å². The Morgan fingerprint density at radius 3 is 2.79 bits per heavy atom. The van der Waals surface area contributed by atoms with Crippen LogP contribution in [0, 0.1) is 5.41 Å². The standard InChI is InChI=1S/C20H19N5O2S/c1-2-17(26)23-8-7-20(11-23)12-24(13-20)18(27)15-10-28-19(22-15)25-16-6-4-3-5-14(16)9-21-25/h2-6,9-10H,1,7-8,11-13H2. The molecule has 142 valence electrons. The highest BCUT2D eigenvalue weighted by Crippen LogP contribution is 2.40. The SMILES string of the molecule is C=CC(=O)N1CCC2(C1)CN(C(=O)c1csc(-n3ncc4ccccc43)n1)C2. The maximum atomic E-state index is 12.8. The van der Waals surface area contributed by atoms with Gasteiger partial charge in [0.25, 0.3) is 5.91 Å². The van der Waals surface area contributed by atoms with Gasteiger partial charge >= 0.3 is 0 Å². The number of likely N-dealkylation sites (tertiary alicyclic amines) is 2. The summed E-state index contributed by atoms with van der Waals surface area (Å²) in [4.78, 5) is 32.8. The highest BCUT2D eigenvalue weighted by Gasteiger charge is 2.50. The molecule has 0 aliphatic carbocycles. The number of benzene rings is 1. The average Bonchev–Trinajstić information content (AvgIpc) is 3.42. The van der Waals surface area contributed by atoms with E-state index in [1.165, 1.54) is 17.4 Å². The molecule has 2 fully saturated rings. The van der Waals surface area contributed by atoms with Gasteiger partial charge in [-0.05, 0) is 18.6 Å². The van der Waals surface area contributed by atoms with Gasteiger partial charge in [-0.3, -0.25) is 9.59 Å². The monoisotopic (exact) mass is 393 g/mol. The lowest BCUT2D eigenvalue weighted by molar-refractivity contribution is -0.125. The predicted molar refractivity (Wildman–Crippen MR) is 106 cm³/mol. The average molecular weight is 393 g/mol. The van der Waals surface area contributed by atoms with Gasteiger partial charge in [-0.2, -0.15) is 5.10 Å². The van der Waals surface area contributed by atoms with Crippen molar-refractivity contribution in [2.75, 3.05) is 26.2 Å². The van der Waals surface area contributed by atoms with Crippen molar-refractivity contribution in [3.63, 3.8) is 0 Å². The Morgan fingerprint density at radius 1 is 1.18 bits per heavy atom. The third-order valence-corrected chi connectivity index (χ3v) is 6.45. The summed E-state index contributed by atoms with van der Waals surface area (Å²) in [6, 6.07) is 7.92. The largest absolute Gasteiger partial charge is 0.338 e. The molecule has 0 unspecified atom stereocenters. The topological polar surface area (TPSA) is 71.3 Å². The zero-order valence-electron chi connectivity index (χ0n) is 15.2. The lowest BCUT2D eigenvalue weighted by atomic mass is 9.79. The lowest BCUT2D eigenvalue weighted by Gasteiger charge is -2.47. The van der Waals surface area contributed by atoms with Crippen LogP contribution in [0.25, 0.3) is 16.0 Å². The van der Waals surface area contributed by atoms with Crippen molar-refractivity contribution < 1.29 is 9.59 Å². The van der Waals surface area contributed by atoms with Gasteiger partial charge in [0.15, 0.2) is 0 Å². The fourth-order valence-electron chi connectivity index (χ4n) is 4.16. The number of rotatable bonds is 3. The molecule has 2 aliphatic heterocycles. The van der Waals surface area contributed by atoms with E-state index in [1.54, 1.807) is 16.3 Å². The third kappa shape index (κ3) is 2.63. The van der Waals surface area contributed by atoms with E-state index in [9.17, 15) is 9.59 Å². The lowest BCUT2D eigenvalue weighted by Crippen LogP contribution is -2.59. The van der Waals surface area contributed by atoms with Crippen LogP contribution < -0.4 is 0 Å². The summed E-state index contributed by atoms with van der Waals surface area (Å²) in [5, 5.41) is 7.92. The summed E-state index contributed by atoms with van der Waals surface area (Å²) < 4.78 is 1.77. The smallest absolute Gasteiger partial charge is 0.273 e. The Kier molecular flexibility index (Phi) is 3.83. The van der Waals surface area contributed by atoms with Crippen LogP contribution in [-0.2, 0) is 4.79 Å². The summed E-state index contributed by atoms with van der Waals surface area (Å²) in [5.74, 6) is -0.0877. The Bertz CT molecular complexity index is 1090. The van der Waals surface area contributed by atoms with Gasteiger partial charge < -0.3 is 9.80 Å². The molecule has 0 saturated carbocycles. The van der Waals surface area contributed by atoms with Gasteiger partial charge in [-0.25, -0.2) is 9.67 Å². The second-order valence-corrected chi connectivity index (χ2v) is 8.34. The molecular weight excluding hydrogens is 374 g/mol. The van der Waals surface area contributed by atoms with Crippen LogP contribution in [0.1, 0.15) is 16.9 Å². The molecule has 1 aromatic carbocycles. The van der Waals surface area contributed by atoms with Crippen LogP contribution in [-0.4, -0.2) is 62.6 Å². The van der Waals surface area contributed by atoms with Crippen molar-refractivity contribution in [2.45, 2.75) is 6.42 Å². The van der Waals surface area contributed by atoms with Gasteiger partial charge in [0.05, 0.1) is 11.7 Å². The number of nitrogens with zero attached hydrogens (tertiary/aromatic N) is 5. The van der Waals surface area contributed by atoms with Crippen LogP contribution >= 0.6 is 11.3 Å². The van der Waals surface area contributed by atoms with Crippen molar-refractivity contribution in [3.05, 3.63) is 54.2 Å². The number of para-hydroxylation sites is 1. The first kappa shape index (κ1) is 17.1. The molecular formula is C20H19N5O2S. The van der Waals surface area contributed by atoms with Gasteiger partial charge in [-0.1, -0.05) is 24.8 Å². The van der Waals surface area contributed by atoms with Crippen molar-refractivity contribution in [2.24, 2.45) is 5.41 Å². The molecule has 4 heterocycles. The summed E-state index contributed by atoms with van der Waals surface area (Å²) in [5.41, 5.74) is 1.45. The first-order valence-electron chi connectivity index (χ1n) is 9.18. The molecule has 28 heavy (non-hydrogen) atoms. The van der Waals surface area contributed by atoms with E-state index in [2.05, 4.69) is 16.7 Å². The van der Waals surface area contributed by atoms with Crippen molar-refractivity contribution in [1.29, 1.82) is 0 Å². The molecule has 7 nitrogen and oxygen atoms in total. The highest BCUT2D eigenvalue weighted by atomic mass is 32.1. The van der Waals surface area contributed by atoms with E-state index >= 15 is 0 Å². The summed E-state index contributed by atoms with van der Waals surface area (Å²) >= 11 is 1.41. The van der Waals surface area contributed by atoms with Crippen molar-refractivity contribution in [1.82, 2.24) is 24.6 Å². The van der Waals surface area contributed by atoms with Gasteiger partial charge in [-0.15, -0.1) is 11.3 Å². The summed E-state index contributed by atoms with van der Waals surface area (Å²) in [7, 11) is 0. The minimum Gasteiger partial charge on any atom is -0.338 e. The zero-order valence-corrected chi connectivity index (χ0v) is 16.1. The number of hydrogen-bond donors (Lipinski definition) is 0. The van der Waals surface area contributed by atoms with Crippen LogP contribution in [0.4, 0.5) is 0 Å². The first-order valence-corrected chi connectivity index (χ1v) is 10.1. The van der Waals surface area contributed by atoms with E-state index in [4.69, 9.17) is 0 Å². The van der Waals surface area contributed by atoms with Gasteiger partial charge in [0, 0.05) is 42.4 Å². The van der Waals surface area contributed by atoms with Crippen molar-refractivity contribution >= 4 is 34.1 Å². The molecule has 0 radical (unpaired) electrons. The Hall–Kier alpha value is -3.00. The number of carbonyl (C=O) groups excluding carboxylic acids is 2. The number of aromatic nitrogens is 3. The molecule has 0 atom stereocenters. The first-order chi connectivity index (χ1) is 13.6. The van der Waals surface area contributed by atoms with Crippen LogP contribution in [0.5, 0.6) is 0 Å².